The Morgan fingerprint density at radius 3 is 2.52 bits per heavy atom. The molecule has 12 nitrogen and oxygen atoms in total. The maximum atomic E-state index is 12.7. The summed E-state index contributed by atoms with van der Waals surface area (Å²) in [4.78, 5) is 17.8. The van der Waals surface area contributed by atoms with Crippen LogP contribution in [0.2, 0.25) is 0 Å². The van der Waals surface area contributed by atoms with Crippen molar-refractivity contribution in [3.63, 3.8) is 0 Å². The first kappa shape index (κ1) is 31.7. The van der Waals surface area contributed by atoms with Gasteiger partial charge in [0, 0.05) is 54.2 Å². The second-order valence-corrected chi connectivity index (χ2v) is 14.1. The predicted molar refractivity (Wildman–Crippen MR) is 167 cm³/mol. The molecule has 2 saturated carbocycles. The van der Waals surface area contributed by atoms with Crippen molar-refractivity contribution >= 4 is 33.0 Å². The van der Waals surface area contributed by atoms with Crippen LogP contribution >= 0.6 is 0 Å². The molecule has 2 aliphatic rings. The summed E-state index contributed by atoms with van der Waals surface area (Å²) >= 11 is 0. The number of halogens is 3. The molecule has 0 atom stereocenters. The van der Waals surface area contributed by atoms with Crippen LogP contribution in [0.15, 0.2) is 55.2 Å². The maximum absolute atomic E-state index is 12.7. The van der Waals surface area contributed by atoms with E-state index in [-0.39, 0.29) is 18.4 Å². The van der Waals surface area contributed by atoms with E-state index in [1.807, 2.05) is 6.92 Å². The van der Waals surface area contributed by atoms with E-state index >= 15 is 0 Å². The monoisotopic (exact) mass is 657 g/mol. The average molecular weight is 658 g/mol. The number of aliphatic hydroxyl groups is 1. The van der Waals surface area contributed by atoms with Crippen molar-refractivity contribution in [1.82, 2.24) is 29.1 Å². The van der Waals surface area contributed by atoms with Gasteiger partial charge in [-0.15, -0.1) is 0 Å². The van der Waals surface area contributed by atoms with E-state index in [0.717, 1.165) is 16.9 Å². The van der Waals surface area contributed by atoms with E-state index in [2.05, 4.69) is 41.0 Å². The van der Waals surface area contributed by atoms with Crippen molar-refractivity contribution < 1.29 is 26.7 Å². The number of aromatic nitrogens is 6. The molecule has 0 bridgehead atoms. The molecule has 4 heterocycles. The fourth-order valence-corrected chi connectivity index (χ4v) is 6.74. The number of nitrogens with zero attached hydrogens (tertiary/aromatic N) is 6. The Morgan fingerprint density at radius 1 is 1.02 bits per heavy atom. The van der Waals surface area contributed by atoms with Gasteiger partial charge in [-0.2, -0.15) is 22.4 Å². The van der Waals surface area contributed by atoms with Crippen LogP contribution in [-0.2, 0) is 10.0 Å². The molecule has 4 aromatic rings. The highest BCUT2D eigenvalue weighted by Crippen LogP contribution is 2.35. The van der Waals surface area contributed by atoms with E-state index < -0.39 is 33.5 Å². The van der Waals surface area contributed by atoms with Gasteiger partial charge in [0.25, 0.3) is 10.0 Å². The van der Waals surface area contributed by atoms with Crippen LogP contribution in [0.4, 0.5) is 36.2 Å². The summed E-state index contributed by atoms with van der Waals surface area (Å²) in [5.74, 6) is 1.15. The Morgan fingerprint density at radius 2 is 1.78 bits per heavy atom. The Kier molecular flexibility index (Phi) is 8.58. The summed E-state index contributed by atoms with van der Waals surface area (Å²) in [6.45, 7) is 1.57. The summed E-state index contributed by atoms with van der Waals surface area (Å²) in [6.07, 6.45) is 6.28. The zero-order chi connectivity index (χ0) is 32.5. The van der Waals surface area contributed by atoms with Crippen molar-refractivity contribution in [2.45, 2.75) is 74.9 Å². The van der Waals surface area contributed by atoms with Crippen molar-refractivity contribution in [2.24, 2.45) is 0 Å². The minimum Gasteiger partial charge on any atom is -0.390 e. The van der Waals surface area contributed by atoms with Crippen molar-refractivity contribution in [3.05, 3.63) is 55.2 Å². The van der Waals surface area contributed by atoms with Crippen LogP contribution in [0.1, 0.15) is 51.9 Å². The lowest BCUT2D eigenvalue weighted by Gasteiger charge is -2.34. The molecule has 46 heavy (non-hydrogen) atoms. The number of nitrogens with one attached hydrogen (secondary N) is 3. The topological polar surface area (TPSA) is 160 Å². The number of rotatable bonds is 11. The normalized spacial score (nSPS) is 20.3. The SMILES string of the molecule is CC1(O)CCC(Nc2cc(Nc3ccnc(-c4cnn(S(=O)(=O)C5CC5)c4)n3)ncc2-c2cc(NCCC(F)(F)F)ccn2)CC1. The number of pyridine rings is 2. The van der Waals surface area contributed by atoms with E-state index in [9.17, 15) is 26.7 Å². The Bertz CT molecular complexity index is 1800. The van der Waals surface area contributed by atoms with Gasteiger partial charge in [-0.1, -0.05) is 0 Å². The molecule has 4 N–H and O–H groups in total. The van der Waals surface area contributed by atoms with Gasteiger partial charge in [0.1, 0.15) is 11.6 Å². The zero-order valence-corrected chi connectivity index (χ0v) is 25.8. The highest BCUT2D eigenvalue weighted by molar-refractivity contribution is 7.90. The van der Waals surface area contributed by atoms with Crippen LogP contribution in [-0.4, -0.2) is 72.3 Å². The fraction of sp³-hybridized carbons (Fsp3) is 0.433. The number of hydrogen-bond donors (Lipinski definition) is 4. The first-order chi connectivity index (χ1) is 21.8. The zero-order valence-electron chi connectivity index (χ0n) is 25.0. The van der Waals surface area contributed by atoms with Gasteiger partial charge >= 0.3 is 6.18 Å². The lowest BCUT2D eigenvalue weighted by molar-refractivity contribution is -0.131. The quantitative estimate of drug-likeness (QED) is 0.165. The molecule has 2 aliphatic carbocycles. The van der Waals surface area contributed by atoms with Crippen molar-refractivity contribution in [1.29, 1.82) is 0 Å². The minimum atomic E-state index is -4.26. The summed E-state index contributed by atoms with van der Waals surface area (Å²) < 4.78 is 64.1. The Balaban J connectivity index is 1.25. The molecule has 0 aliphatic heterocycles. The molecule has 0 spiro atoms. The van der Waals surface area contributed by atoms with Crippen molar-refractivity contribution in [3.8, 4) is 22.6 Å². The van der Waals surface area contributed by atoms with Gasteiger partial charge in [-0.25, -0.2) is 23.4 Å². The summed E-state index contributed by atoms with van der Waals surface area (Å²) in [6, 6.07) is 6.81. The molecule has 16 heteroatoms. The number of hydrogen-bond acceptors (Lipinski definition) is 11. The molecule has 6 rings (SSSR count). The lowest BCUT2D eigenvalue weighted by atomic mass is 9.83. The van der Waals surface area contributed by atoms with Gasteiger partial charge in [0.15, 0.2) is 5.82 Å². The molecule has 0 aromatic carbocycles. The van der Waals surface area contributed by atoms with E-state index in [1.54, 1.807) is 36.7 Å². The molecule has 0 unspecified atom stereocenters. The Labute approximate surface area is 264 Å². The van der Waals surface area contributed by atoms with E-state index in [0.29, 0.717) is 65.5 Å². The molecule has 0 saturated heterocycles. The molecular formula is C30H34F3N9O3S. The second-order valence-electron chi connectivity index (χ2n) is 12.0. The van der Waals surface area contributed by atoms with Crippen LogP contribution in [0.25, 0.3) is 22.6 Å². The summed E-state index contributed by atoms with van der Waals surface area (Å²) in [5, 5.41) is 23.6. The smallest absolute Gasteiger partial charge is 0.390 e. The lowest BCUT2D eigenvalue weighted by Crippen LogP contribution is -2.35. The standard InChI is InChI=1S/C30H34F3N9O3S/c1-29(43)8-4-20(5-9-29)39-25-15-27(37-17-23(25)24-14-21(6-11-35-24)34-13-10-30(31,32)33)40-26-7-12-36-28(41-26)19-16-38-42(18-19)46(44,45)22-2-3-22/h6-7,11-12,14-18,20,22,43H,2-5,8-10,13H2,1H3,(H,34,35)(H2,36,37,39,40,41). The Hall–Kier alpha value is -4.31. The molecule has 2 fully saturated rings. The fourth-order valence-electron chi connectivity index (χ4n) is 5.26. The molecule has 0 radical (unpaired) electrons. The highest BCUT2D eigenvalue weighted by atomic mass is 32.2. The van der Waals surface area contributed by atoms with E-state index in [1.165, 1.54) is 18.6 Å². The predicted octanol–water partition coefficient (Wildman–Crippen LogP) is 5.35. The van der Waals surface area contributed by atoms with Gasteiger partial charge in [0.2, 0.25) is 0 Å². The average Bonchev–Trinajstić information content (AvgIpc) is 3.75. The number of alkyl halides is 3. The van der Waals surface area contributed by atoms with Crippen LogP contribution in [0, 0.1) is 0 Å². The van der Waals surface area contributed by atoms with Gasteiger partial charge < -0.3 is 21.1 Å². The third kappa shape index (κ3) is 7.73. The first-order valence-corrected chi connectivity index (χ1v) is 16.5. The first-order valence-electron chi connectivity index (χ1n) is 15.0. The molecule has 4 aromatic heterocycles. The van der Waals surface area contributed by atoms with Crippen LogP contribution in [0.5, 0.6) is 0 Å². The number of anilines is 4. The molecule has 244 valence electrons. The van der Waals surface area contributed by atoms with Gasteiger partial charge in [-0.05, 0) is 63.6 Å². The second kappa shape index (κ2) is 12.5. The third-order valence-electron chi connectivity index (χ3n) is 8.04. The molecular weight excluding hydrogens is 623 g/mol. The third-order valence-corrected chi connectivity index (χ3v) is 10.1. The largest absolute Gasteiger partial charge is 0.390 e. The van der Waals surface area contributed by atoms with Crippen molar-refractivity contribution in [2.75, 3.05) is 22.5 Å². The summed E-state index contributed by atoms with van der Waals surface area (Å²) in [5.41, 5.74) is 2.09. The maximum Gasteiger partial charge on any atom is 0.390 e. The van der Waals surface area contributed by atoms with Crippen LogP contribution in [0.3, 0.4) is 0 Å². The van der Waals surface area contributed by atoms with Gasteiger partial charge in [-0.3, -0.25) is 4.98 Å². The minimum absolute atomic E-state index is 0.0661. The highest BCUT2D eigenvalue weighted by Gasteiger charge is 2.38. The summed E-state index contributed by atoms with van der Waals surface area (Å²) in [7, 11) is -3.53. The molecule has 0 amide bonds. The van der Waals surface area contributed by atoms with Crippen LogP contribution < -0.4 is 16.0 Å². The van der Waals surface area contributed by atoms with Gasteiger partial charge in [0.05, 0.1) is 40.9 Å². The van der Waals surface area contributed by atoms with E-state index in [4.69, 9.17) is 0 Å².